The minimum atomic E-state index is -0.542. The molecule has 0 aliphatic heterocycles. The van der Waals surface area contributed by atoms with Crippen molar-refractivity contribution in [2.24, 2.45) is 0 Å². The van der Waals surface area contributed by atoms with Gasteiger partial charge in [-0.15, -0.1) is 0 Å². The Morgan fingerprint density at radius 2 is 1.84 bits per heavy atom. The predicted octanol–water partition coefficient (Wildman–Crippen LogP) is 5.04. The van der Waals surface area contributed by atoms with Crippen LogP contribution in [0.3, 0.4) is 0 Å². The van der Waals surface area contributed by atoms with Crippen LogP contribution in [0.25, 0.3) is 5.57 Å². The molecule has 0 saturated carbocycles. The molecule has 19 heavy (non-hydrogen) atoms. The molecule has 0 spiro atoms. The van der Waals surface area contributed by atoms with Crippen molar-refractivity contribution in [3.63, 3.8) is 0 Å². The van der Waals surface area contributed by atoms with Crippen LogP contribution < -0.4 is 4.74 Å². The molecule has 0 aromatic heterocycles. The lowest BCUT2D eigenvalue weighted by atomic mass is 10.1. The zero-order valence-corrected chi connectivity index (χ0v) is 12.7. The van der Waals surface area contributed by atoms with E-state index < -0.39 is 5.79 Å². The van der Waals surface area contributed by atoms with Crippen molar-refractivity contribution in [2.45, 2.75) is 52.7 Å². The van der Waals surface area contributed by atoms with Gasteiger partial charge in [-0.25, -0.2) is 0 Å². The normalized spacial score (nSPS) is 13.9. The van der Waals surface area contributed by atoms with E-state index in [2.05, 4.69) is 20.4 Å². The Labute approximate surface area is 117 Å². The fourth-order valence-electron chi connectivity index (χ4n) is 1.69. The summed E-state index contributed by atoms with van der Waals surface area (Å²) in [6.45, 7) is 12.9. The molecular formula is C17H26O2. The molecule has 0 radical (unpaired) electrons. The summed E-state index contributed by atoms with van der Waals surface area (Å²) in [5.74, 6) is 0.297. The summed E-state index contributed by atoms with van der Waals surface area (Å²) in [6.07, 6.45) is 3.01. The first-order valence-corrected chi connectivity index (χ1v) is 7.09. The lowest BCUT2D eigenvalue weighted by Gasteiger charge is -2.29. The van der Waals surface area contributed by atoms with E-state index in [1.807, 2.05) is 38.1 Å². The Kier molecular flexibility index (Phi) is 6.10. The summed E-state index contributed by atoms with van der Waals surface area (Å²) in [7, 11) is 0. The first-order valence-electron chi connectivity index (χ1n) is 7.09. The second-order valence-electron chi connectivity index (χ2n) is 5.10. The fourth-order valence-corrected chi connectivity index (χ4v) is 1.69. The van der Waals surface area contributed by atoms with Crippen LogP contribution >= 0.6 is 0 Å². The summed E-state index contributed by atoms with van der Waals surface area (Å²) < 4.78 is 11.8. The van der Waals surface area contributed by atoms with Crippen molar-refractivity contribution in [1.29, 1.82) is 0 Å². The monoisotopic (exact) mass is 262 g/mol. The van der Waals surface area contributed by atoms with Crippen molar-refractivity contribution >= 4 is 5.57 Å². The van der Waals surface area contributed by atoms with Crippen LogP contribution in [0, 0.1) is 0 Å². The average Bonchev–Trinajstić information content (AvgIpc) is 2.39. The van der Waals surface area contributed by atoms with E-state index in [0.717, 1.165) is 42.8 Å². The van der Waals surface area contributed by atoms with E-state index in [9.17, 15) is 0 Å². The number of hydrogen-bond acceptors (Lipinski definition) is 2. The van der Waals surface area contributed by atoms with E-state index in [-0.39, 0.29) is 0 Å². The van der Waals surface area contributed by atoms with Crippen molar-refractivity contribution in [3.8, 4) is 5.75 Å². The topological polar surface area (TPSA) is 18.5 Å². The van der Waals surface area contributed by atoms with Crippen LogP contribution in [0.15, 0.2) is 30.8 Å². The van der Waals surface area contributed by atoms with E-state index in [1.165, 1.54) is 0 Å². The Morgan fingerprint density at radius 3 is 2.32 bits per heavy atom. The average molecular weight is 262 g/mol. The van der Waals surface area contributed by atoms with Gasteiger partial charge in [0.05, 0.1) is 6.61 Å². The van der Waals surface area contributed by atoms with E-state index in [1.54, 1.807) is 0 Å². The van der Waals surface area contributed by atoms with Gasteiger partial charge < -0.3 is 9.47 Å². The largest absolute Gasteiger partial charge is 0.463 e. The van der Waals surface area contributed by atoms with Gasteiger partial charge in [-0.1, -0.05) is 44.6 Å². The lowest BCUT2D eigenvalue weighted by molar-refractivity contribution is -0.172. The van der Waals surface area contributed by atoms with Gasteiger partial charge in [0.25, 0.3) is 0 Å². The minimum absolute atomic E-state index is 0.542. The zero-order valence-electron chi connectivity index (χ0n) is 12.7. The highest BCUT2D eigenvalue weighted by Crippen LogP contribution is 2.24. The van der Waals surface area contributed by atoms with Gasteiger partial charge in [0.1, 0.15) is 5.75 Å². The molecular weight excluding hydrogens is 236 g/mol. The van der Waals surface area contributed by atoms with Gasteiger partial charge in [0.2, 0.25) is 5.79 Å². The maximum absolute atomic E-state index is 5.98. The van der Waals surface area contributed by atoms with Crippen molar-refractivity contribution in [3.05, 3.63) is 36.4 Å². The molecule has 2 nitrogen and oxygen atoms in total. The second-order valence-corrected chi connectivity index (χ2v) is 5.10. The molecule has 0 bridgehead atoms. The third-order valence-electron chi connectivity index (χ3n) is 3.23. The number of allylic oxidation sites excluding steroid dienone is 1. The Balaban J connectivity index is 2.66. The first kappa shape index (κ1) is 15.8. The summed E-state index contributed by atoms with van der Waals surface area (Å²) in [4.78, 5) is 0. The fraction of sp³-hybridized carbons (Fsp3) is 0.529. The maximum atomic E-state index is 5.98. The molecule has 1 unspecified atom stereocenters. The minimum Gasteiger partial charge on any atom is -0.463 e. The smallest absolute Gasteiger partial charge is 0.207 e. The summed E-state index contributed by atoms with van der Waals surface area (Å²) >= 11 is 0. The van der Waals surface area contributed by atoms with E-state index in [0.29, 0.717) is 0 Å². The predicted molar refractivity (Wildman–Crippen MR) is 81.3 cm³/mol. The molecule has 1 atom stereocenters. The Morgan fingerprint density at radius 1 is 1.21 bits per heavy atom. The first-order chi connectivity index (χ1) is 9.00. The molecule has 0 saturated heterocycles. The molecule has 106 valence electrons. The maximum Gasteiger partial charge on any atom is 0.207 e. The summed E-state index contributed by atoms with van der Waals surface area (Å²) in [5, 5.41) is 0. The molecule has 0 aliphatic rings. The lowest BCUT2D eigenvalue weighted by Crippen LogP contribution is -2.35. The van der Waals surface area contributed by atoms with Crippen LogP contribution in [-0.2, 0) is 4.74 Å². The molecule has 1 aromatic rings. The third-order valence-corrected chi connectivity index (χ3v) is 3.23. The molecule has 0 heterocycles. The van der Waals surface area contributed by atoms with Crippen molar-refractivity contribution in [1.82, 2.24) is 0 Å². The molecule has 0 aliphatic carbocycles. The van der Waals surface area contributed by atoms with Gasteiger partial charge in [0.15, 0.2) is 0 Å². The highest BCUT2D eigenvalue weighted by molar-refractivity contribution is 5.61. The van der Waals surface area contributed by atoms with Crippen LogP contribution in [0.5, 0.6) is 5.75 Å². The number of unbranched alkanes of at least 4 members (excludes halogenated alkanes) is 1. The van der Waals surface area contributed by atoms with Gasteiger partial charge >= 0.3 is 0 Å². The SMILES string of the molecule is C=C(C)c1ccc(OC(C)(CC)OCCCC)cc1. The molecule has 0 fully saturated rings. The van der Waals surface area contributed by atoms with Gasteiger partial charge in [-0.05, 0) is 31.0 Å². The molecule has 0 amide bonds. The highest BCUT2D eigenvalue weighted by Gasteiger charge is 2.24. The molecule has 1 rings (SSSR count). The Hall–Kier alpha value is -1.28. The molecule has 0 N–H and O–H groups in total. The van der Waals surface area contributed by atoms with Gasteiger partial charge in [0, 0.05) is 13.3 Å². The summed E-state index contributed by atoms with van der Waals surface area (Å²) in [5.41, 5.74) is 2.20. The number of ether oxygens (including phenoxy) is 2. The van der Waals surface area contributed by atoms with E-state index >= 15 is 0 Å². The standard InChI is InChI=1S/C17H26O2/c1-6-8-13-18-17(5,7-2)19-16-11-9-15(10-12-16)14(3)4/h9-12H,3,6-8,13H2,1-2,4-5H3. The van der Waals surface area contributed by atoms with Crippen LogP contribution in [-0.4, -0.2) is 12.4 Å². The zero-order chi connectivity index (χ0) is 14.3. The number of hydrogen-bond donors (Lipinski definition) is 0. The third kappa shape index (κ3) is 5.07. The number of rotatable bonds is 8. The molecule has 2 heteroatoms. The van der Waals surface area contributed by atoms with E-state index in [4.69, 9.17) is 9.47 Å². The van der Waals surface area contributed by atoms with Crippen LogP contribution in [0.1, 0.15) is 52.5 Å². The van der Waals surface area contributed by atoms with Gasteiger partial charge in [-0.3, -0.25) is 0 Å². The quantitative estimate of drug-likeness (QED) is 0.482. The second kappa shape index (κ2) is 7.34. The van der Waals surface area contributed by atoms with Gasteiger partial charge in [-0.2, -0.15) is 0 Å². The highest BCUT2D eigenvalue weighted by atomic mass is 16.7. The van der Waals surface area contributed by atoms with Crippen molar-refractivity contribution in [2.75, 3.05) is 6.61 Å². The molecule has 1 aromatic carbocycles. The van der Waals surface area contributed by atoms with Crippen molar-refractivity contribution < 1.29 is 9.47 Å². The number of benzene rings is 1. The van der Waals surface area contributed by atoms with Crippen LogP contribution in [0.2, 0.25) is 0 Å². The summed E-state index contributed by atoms with van der Waals surface area (Å²) in [6, 6.07) is 8.00. The van der Waals surface area contributed by atoms with Crippen LogP contribution in [0.4, 0.5) is 0 Å². The Bertz CT molecular complexity index is 394.